The first-order chi connectivity index (χ1) is 28.5. The van der Waals surface area contributed by atoms with Crippen molar-refractivity contribution in [2.75, 3.05) is 137 Å². The number of rotatable bonds is 42. The van der Waals surface area contributed by atoms with Crippen molar-refractivity contribution in [2.24, 2.45) is 0 Å². The summed E-state index contributed by atoms with van der Waals surface area (Å²) in [4.78, 5) is 20.6. The topological polar surface area (TPSA) is 191 Å². The summed E-state index contributed by atoms with van der Waals surface area (Å²) in [5.74, 6) is 0.873. The summed E-state index contributed by atoms with van der Waals surface area (Å²) in [6, 6.07) is 11.8. The van der Waals surface area contributed by atoms with Crippen LogP contribution in [-0.2, 0) is 49.1 Å². The van der Waals surface area contributed by atoms with Crippen molar-refractivity contribution in [1.29, 1.82) is 0 Å². The van der Waals surface area contributed by atoms with Gasteiger partial charge in [0.15, 0.2) is 0 Å². The molecule has 0 aliphatic rings. The molecule has 2 aromatic carbocycles. The molecular weight excluding hydrogens is 758 g/mol. The van der Waals surface area contributed by atoms with Crippen molar-refractivity contribution in [3.8, 4) is 5.75 Å². The first-order valence-corrected chi connectivity index (χ1v) is 20.6. The minimum Gasteiger partial charge on any atom is -0.491 e. The second kappa shape index (κ2) is 36.6. The monoisotopic (exact) mass is 825 g/mol. The summed E-state index contributed by atoms with van der Waals surface area (Å²) >= 11 is 0. The van der Waals surface area contributed by atoms with Crippen LogP contribution < -0.4 is 10.1 Å². The van der Waals surface area contributed by atoms with Gasteiger partial charge in [0, 0.05) is 12.6 Å². The number of ether oxygens (including phenoxy) is 10. The van der Waals surface area contributed by atoms with Crippen molar-refractivity contribution < 1.29 is 57.2 Å². The minimum absolute atomic E-state index is 0.187. The number of benzene rings is 2. The number of unbranched alkanes of at least 4 members (excludes halogenated alkanes) is 6. The van der Waals surface area contributed by atoms with E-state index in [1.54, 1.807) is 0 Å². The van der Waals surface area contributed by atoms with Crippen molar-refractivity contribution in [1.82, 2.24) is 0 Å². The normalized spacial score (nSPS) is 11.3. The molecule has 0 aliphatic carbocycles. The molecule has 0 unspecified atom stereocenters. The predicted octanol–water partition coefficient (Wildman–Crippen LogP) is 6.44. The van der Waals surface area contributed by atoms with Gasteiger partial charge in [0.05, 0.1) is 135 Å². The van der Waals surface area contributed by atoms with Crippen LogP contribution in [0.25, 0.3) is 0 Å². The van der Waals surface area contributed by atoms with Crippen molar-refractivity contribution in [2.45, 2.75) is 58.3 Å². The van der Waals surface area contributed by atoms with E-state index in [1.165, 1.54) is 62.6 Å². The number of hydrogen-bond acceptors (Lipinski definition) is 15. The summed E-state index contributed by atoms with van der Waals surface area (Å²) in [7, 11) is 0. The Balaban J connectivity index is 1.21. The highest BCUT2D eigenvalue weighted by Crippen LogP contribution is 2.28. The van der Waals surface area contributed by atoms with Gasteiger partial charge in [-0.05, 0) is 36.6 Å². The van der Waals surface area contributed by atoms with Crippen LogP contribution in [0.3, 0.4) is 0 Å². The first kappa shape index (κ1) is 50.6. The van der Waals surface area contributed by atoms with E-state index in [4.69, 9.17) is 47.4 Å². The number of nitro groups is 2. The smallest absolute Gasteiger partial charge is 0.299 e. The molecule has 0 fully saturated rings. The molecule has 0 spiro atoms. The molecular formula is C41H67N3O14. The van der Waals surface area contributed by atoms with Crippen LogP contribution in [0, 0.1) is 20.2 Å². The van der Waals surface area contributed by atoms with Gasteiger partial charge in [-0.25, -0.2) is 0 Å². The molecule has 1 N–H and O–H groups in total. The third-order valence-electron chi connectivity index (χ3n) is 8.42. The van der Waals surface area contributed by atoms with Gasteiger partial charge >= 0.3 is 0 Å². The predicted molar refractivity (Wildman–Crippen MR) is 219 cm³/mol. The Morgan fingerprint density at radius 2 is 0.897 bits per heavy atom. The van der Waals surface area contributed by atoms with Gasteiger partial charge in [-0.3, -0.25) is 20.2 Å². The molecule has 0 saturated heterocycles. The van der Waals surface area contributed by atoms with E-state index in [0.29, 0.717) is 125 Å². The summed E-state index contributed by atoms with van der Waals surface area (Å²) in [6.07, 6.45) is 10.4. The Morgan fingerprint density at radius 1 is 0.483 bits per heavy atom. The van der Waals surface area contributed by atoms with Gasteiger partial charge in [0.2, 0.25) is 0 Å². The molecule has 330 valence electrons. The zero-order chi connectivity index (χ0) is 41.6. The van der Waals surface area contributed by atoms with E-state index in [-0.39, 0.29) is 23.7 Å². The van der Waals surface area contributed by atoms with Gasteiger partial charge in [0.25, 0.3) is 11.4 Å². The molecule has 0 aromatic heterocycles. The molecule has 0 atom stereocenters. The molecule has 0 amide bonds. The molecule has 0 saturated carbocycles. The van der Waals surface area contributed by atoms with Gasteiger partial charge in [-0.1, -0.05) is 57.6 Å². The number of hydrogen-bond donors (Lipinski definition) is 1. The first-order valence-electron chi connectivity index (χ1n) is 20.6. The zero-order valence-corrected chi connectivity index (χ0v) is 34.5. The highest BCUT2D eigenvalue weighted by molar-refractivity contribution is 5.65. The maximum Gasteiger partial charge on any atom is 0.299 e. The fourth-order valence-electron chi connectivity index (χ4n) is 5.31. The highest BCUT2D eigenvalue weighted by Gasteiger charge is 2.19. The lowest BCUT2D eigenvalue weighted by molar-refractivity contribution is -0.393. The van der Waals surface area contributed by atoms with E-state index in [9.17, 15) is 20.2 Å². The highest BCUT2D eigenvalue weighted by atomic mass is 16.6. The lowest BCUT2D eigenvalue weighted by Crippen LogP contribution is -2.16. The van der Waals surface area contributed by atoms with Crippen LogP contribution in [0.1, 0.15) is 57.4 Å². The molecule has 0 aliphatic heterocycles. The molecule has 2 rings (SSSR count). The maximum absolute atomic E-state index is 11.2. The van der Waals surface area contributed by atoms with Crippen molar-refractivity contribution in [3.63, 3.8) is 0 Å². The number of nitro benzene ring substituents is 2. The Morgan fingerprint density at radius 3 is 1.33 bits per heavy atom. The molecule has 0 radical (unpaired) electrons. The minimum atomic E-state index is -0.679. The fraction of sp³-hybridized carbons (Fsp3) is 0.707. The Labute approximate surface area is 343 Å². The number of non-ortho nitro benzene ring substituents is 1. The maximum atomic E-state index is 11.2. The van der Waals surface area contributed by atoms with Gasteiger partial charge in [-0.15, -0.1) is 0 Å². The molecule has 0 heterocycles. The molecule has 17 nitrogen and oxygen atoms in total. The Kier molecular flexibility index (Phi) is 31.9. The average molecular weight is 826 g/mol. The second-order valence-electron chi connectivity index (χ2n) is 13.0. The van der Waals surface area contributed by atoms with Crippen LogP contribution in [0.15, 0.2) is 42.5 Å². The van der Waals surface area contributed by atoms with Crippen molar-refractivity contribution >= 4 is 17.1 Å². The van der Waals surface area contributed by atoms with Crippen molar-refractivity contribution in [3.05, 3.63) is 68.3 Å². The lowest BCUT2D eigenvalue weighted by atomic mass is 10.0. The molecule has 2 aromatic rings. The summed E-state index contributed by atoms with van der Waals surface area (Å²) in [6.45, 7) is 11.1. The number of anilines is 1. The van der Waals surface area contributed by atoms with E-state index in [2.05, 4.69) is 24.4 Å². The van der Waals surface area contributed by atoms with Crippen LogP contribution in [0.5, 0.6) is 5.75 Å². The zero-order valence-electron chi connectivity index (χ0n) is 34.5. The van der Waals surface area contributed by atoms with E-state index in [1.807, 2.05) is 12.1 Å². The van der Waals surface area contributed by atoms with Crippen LogP contribution in [-0.4, -0.2) is 142 Å². The van der Waals surface area contributed by atoms with Gasteiger partial charge in [0.1, 0.15) is 18.0 Å². The van der Waals surface area contributed by atoms with E-state index in [0.717, 1.165) is 18.2 Å². The average Bonchev–Trinajstić information content (AvgIpc) is 3.22. The van der Waals surface area contributed by atoms with E-state index < -0.39 is 9.85 Å². The third kappa shape index (κ3) is 28.0. The number of aryl methyl sites for hydroxylation is 1. The van der Waals surface area contributed by atoms with Crippen LogP contribution in [0.2, 0.25) is 0 Å². The SMILES string of the molecule is CCCCCCCCCc1ccc(OCCOCCOCCOCCOCCOCCOCCOCCOCCOCCNc2ccc([N+](=O)[O-])cc2[N+](=O)[O-])cc1. The summed E-state index contributed by atoms with van der Waals surface area (Å²) in [5, 5.41) is 24.8. The van der Waals surface area contributed by atoms with Gasteiger partial charge in [-0.2, -0.15) is 0 Å². The Hall–Kier alpha value is -3.52. The fourth-order valence-corrected chi connectivity index (χ4v) is 5.31. The molecule has 17 heteroatoms. The van der Waals surface area contributed by atoms with Crippen LogP contribution >= 0.6 is 0 Å². The van der Waals surface area contributed by atoms with Gasteiger partial charge < -0.3 is 52.7 Å². The third-order valence-corrected chi connectivity index (χ3v) is 8.42. The summed E-state index contributed by atoms with van der Waals surface area (Å²) in [5.41, 5.74) is 0.846. The molecule has 0 bridgehead atoms. The number of nitrogens with zero attached hydrogens (tertiary/aromatic N) is 2. The largest absolute Gasteiger partial charge is 0.491 e. The number of nitrogens with one attached hydrogen (secondary N) is 1. The molecule has 58 heavy (non-hydrogen) atoms. The van der Waals surface area contributed by atoms with E-state index >= 15 is 0 Å². The second-order valence-corrected chi connectivity index (χ2v) is 13.0. The lowest BCUT2D eigenvalue weighted by Gasteiger charge is -2.09. The van der Waals surface area contributed by atoms with Crippen LogP contribution in [0.4, 0.5) is 17.1 Å². The summed E-state index contributed by atoms with van der Waals surface area (Å²) < 4.78 is 55.2. The standard InChI is InChI=1S/C41H67N3O14/c1-2-3-4-5-6-7-8-9-37-10-13-39(14-11-37)58-35-34-57-33-32-56-31-30-55-29-28-54-27-26-53-25-24-52-23-22-51-21-20-50-19-18-49-17-16-42-40-15-12-38(43(45)46)36-41(40)44(47)48/h10-15,36,42H,2-9,16-35H2,1H3. The quantitative estimate of drug-likeness (QED) is 0.0437. The Bertz CT molecular complexity index is 1290.